The summed E-state index contributed by atoms with van der Waals surface area (Å²) < 4.78 is 26.5. The van der Waals surface area contributed by atoms with Gasteiger partial charge < -0.3 is 5.73 Å². The van der Waals surface area contributed by atoms with Gasteiger partial charge in [0.2, 0.25) is 10.0 Å². The van der Waals surface area contributed by atoms with E-state index in [0.717, 1.165) is 24.0 Å². The Kier molecular flexibility index (Phi) is 4.60. The number of rotatable bonds is 4. The van der Waals surface area contributed by atoms with Crippen molar-refractivity contribution in [2.45, 2.75) is 32.1 Å². The molecule has 0 atom stereocenters. The summed E-state index contributed by atoms with van der Waals surface area (Å²) in [6.45, 7) is 3.85. The van der Waals surface area contributed by atoms with Gasteiger partial charge in [0.05, 0.1) is 5.75 Å². The topological polar surface area (TPSA) is 63.4 Å². The van der Waals surface area contributed by atoms with Gasteiger partial charge in [-0.3, -0.25) is 0 Å². The van der Waals surface area contributed by atoms with Crippen LogP contribution in [0.5, 0.6) is 0 Å². The van der Waals surface area contributed by atoms with E-state index < -0.39 is 10.0 Å². The minimum Gasteiger partial charge on any atom is -0.326 e. The lowest BCUT2D eigenvalue weighted by Gasteiger charge is -2.29. The van der Waals surface area contributed by atoms with E-state index in [9.17, 15) is 8.42 Å². The van der Waals surface area contributed by atoms with Crippen LogP contribution in [0, 0.1) is 5.92 Å². The summed E-state index contributed by atoms with van der Waals surface area (Å²) in [6.07, 6.45) is 1.91. The van der Waals surface area contributed by atoms with Gasteiger partial charge in [0.1, 0.15) is 0 Å². The maximum Gasteiger partial charge on any atom is 0.218 e. The zero-order valence-corrected chi connectivity index (χ0v) is 12.2. The van der Waals surface area contributed by atoms with E-state index in [1.807, 2.05) is 24.3 Å². The molecule has 5 heteroatoms. The zero-order valence-electron chi connectivity index (χ0n) is 11.4. The first-order valence-electron chi connectivity index (χ1n) is 6.77. The van der Waals surface area contributed by atoms with Gasteiger partial charge in [-0.25, -0.2) is 12.7 Å². The Hall–Kier alpha value is -0.910. The molecule has 2 N–H and O–H groups in total. The van der Waals surface area contributed by atoms with E-state index in [1.54, 1.807) is 4.31 Å². The van der Waals surface area contributed by atoms with Gasteiger partial charge in [-0.05, 0) is 29.9 Å². The van der Waals surface area contributed by atoms with E-state index in [1.165, 1.54) is 0 Å². The van der Waals surface area contributed by atoms with Gasteiger partial charge in [-0.15, -0.1) is 0 Å². The van der Waals surface area contributed by atoms with Gasteiger partial charge >= 0.3 is 0 Å². The summed E-state index contributed by atoms with van der Waals surface area (Å²) in [6, 6.07) is 7.50. The smallest absolute Gasteiger partial charge is 0.218 e. The molecule has 2 rings (SSSR count). The molecule has 0 aliphatic carbocycles. The number of nitrogens with zero attached hydrogens (tertiary/aromatic N) is 1. The molecule has 19 heavy (non-hydrogen) atoms. The lowest BCUT2D eigenvalue weighted by atomic mass is 10.0. The van der Waals surface area contributed by atoms with Crippen LogP contribution in [0.4, 0.5) is 0 Å². The molecule has 1 fully saturated rings. The normalized spacial score (nSPS) is 18.6. The molecule has 1 aromatic rings. The molecular formula is C14H22N2O2S. The van der Waals surface area contributed by atoms with Crippen LogP contribution < -0.4 is 5.73 Å². The van der Waals surface area contributed by atoms with E-state index >= 15 is 0 Å². The third kappa shape index (κ3) is 3.55. The first-order valence-corrected chi connectivity index (χ1v) is 8.38. The van der Waals surface area contributed by atoms with E-state index in [-0.39, 0.29) is 5.75 Å². The third-order valence-electron chi connectivity index (χ3n) is 3.81. The predicted molar refractivity (Wildman–Crippen MR) is 76.9 cm³/mol. The Balaban J connectivity index is 2.13. The van der Waals surface area contributed by atoms with Crippen LogP contribution in [0.2, 0.25) is 0 Å². The average molecular weight is 282 g/mol. The maximum absolute atomic E-state index is 12.4. The molecule has 1 saturated heterocycles. The summed E-state index contributed by atoms with van der Waals surface area (Å²) in [4.78, 5) is 0. The summed E-state index contributed by atoms with van der Waals surface area (Å²) in [5.41, 5.74) is 7.39. The molecule has 0 aromatic heterocycles. The maximum atomic E-state index is 12.4. The molecule has 0 saturated carbocycles. The number of hydrogen-bond acceptors (Lipinski definition) is 3. The molecule has 0 spiro atoms. The van der Waals surface area contributed by atoms with Crippen molar-refractivity contribution in [1.82, 2.24) is 4.31 Å². The van der Waals surface area contributed by atoms with Crippen LogP contribution in [-0.4, -0.2) is 25.8 Å². The molecule has 1 aromatic carbocycles. The first-order chi connectivity index (χ1) is 9.03. The largest absolute Gasteiger partial charge is 0.326 e. The molecular weight excluding hydrogens is 260 g/mol. The van der Waals surface area contributed by atoms with Gasteiger partial charge in [0.25, 0.3) is 0 Å². The Labute approximate surface area is 115 Å². The van der Waals surface area contributed by atoms with Crippen molar-refractivity contribution >= 4 is 10.0 Å². The van der Waals surface area contributed by atoms with Crippen molar-refractivity contribution in [3.05, 3.63) is 35.4 Å². The molecule has 1 aliphatic heterocycles. The fourth-order valence-corrected chi connectivity index (χ4v) is 4.07. The highest BCUT2D eigenvalue weighted by molar-refractivity contribution is 7.88. The van der Waals surface area contributed by atoms with E-state index in [2.05, 4.69) is 6.92 Å². The number of benzene rings is 1. The number of sulfonamides is 1. The van der Waals surface area contributed by atoms with Gasteiger partial charge in [0, 0.05) is 19.6 Å². The van der Waals surface area contributed by atoms with Crippen LogP contribution in [0.15, 0.2) is 24.3 Å². The van der Waals surface area contributed by atoms with E-state index in [0.29, 0.717) is 25.6 Å². The van der Waals surface area contributed by atoms with Crippen LogP contribution >= 0.6 is 0 Å². The minimum atomic E-state index is -3.21. The second-order valence-corrected chi connectivity index (χ2v) is 7.28. The zero-order chi connectivity index (χ0) is 13.9. The quantitative estimate of drug-likeness (QED) is 0.914. The second-order valence-electron chi connectivity index (χ2n) is 5.31. The molecule has 1 aliphatic rings. The predicted octanol–water partition coefficient (Wildman–Crippen LogP) is 1.71. The number of hydrogen-bond donors (Lipinski definition) is 1. The fourth-order valence-electron chi connectivity index (χ4n) is 2.45. The Morgan fingerprint density at radius 1 is 1.21 bits per heavy atom. The molecule has 0 radical (unpaired) electrons. The van der Waals surface area contributed by atoms with Crippen molar-refractivity contribution in [2.75, 3.05) is 13.1 Å². The van der Waals surface area contributed by atoms with E-state index in [4.69, 9.17) is 5.73 Å². The molecule has 0 unspecified atom stereocenters. The lowest BCUT2D eigenvalue weighted by Crippen LogP contribution is -2.38. The van der Waals surface area contributed by atoms with Gasteiger partial charge in [-0.1, -0.05) is 31.2 Å². The van der Waals surface area contributed by atoms with Crippen LogP contribution in [0.3, 0.4) is 0 Å². The highest BCUT2D eigenvalue weighted by atomic mass is 32.2. The lowest BCUT2D eigenvalue weighted by molar-refractivity contribution is 0.287. The van der Waals surface area contributed by atoms with Crippen LogP contribution in [0.25, 0.3) is 0 Å². The Morgan fingerprint density at radius 3 is 2.37 bits per heavy atom. The van der Waals surface area contributed by atoms with Crippen molar-refractivity contribution in [2.24, 2.45) is 11.7 Å². The van der Waals surface area contributed by atoms with Crippen molar-refractivity contribution < 1.29 is 8.42 Å². The highest BCUT2D eigenvalue weighted by Crippen LogP contribution is 2.22. The van der Waals surface area contributed by atoms with Crippen molar-refractivity contribution in [3.63, 3.8) is 0 Å². The number of piperidine rings is 1. The van der Waals surface area contributed by atoms with Crippen LogP contribution in [0.1, 0.15) is 30.9 Å². The van der Waals surface area contributed by atoms with Gasteiger partial charge in [0.15, 0.2) is 0 Å². The summed E-state index contributed by atoms with van der Waals surface area (Å²) in [5.74, 6) is 0.692. The molecule has 0 bridgehead atoms. The third-order valence-corrected chi connectivity index (χ3v) is 5.64. The SMILES string of the molecule is CC1CCN(S(=O)(=O)Cc2ccccc2CN)CC1. The molecule has 1 heterocycles. The average Bonchev–Trinajstić information content (AvgIpc) is 2.39. The minimum absolute atomic E-state index is 0.0642. The molecule has 0 amide bonds. The van der Waals surface area contributed by atoms with Crippen LogP contribution in [-0.2, 0) is 22.3 Å². The first kappa shape index (κ1) is 14.5. The Bertz CT molecular complexity index is 520. The van der Waals surface area contributed by atoms with Crippen molar-refractivity contribution in [1.29, 1.82) is 0 Å². The monoisotopic (exact) mass is 282 g/mol. The highest BCUT2D eigenvalue weighted by Gasteiger charge is 2.26. The summed E-state index contributed by atoms with van der Waals surface area (Å²) in [7, 11) is -3.21. The van der Waals surface area contributed by atoms with Gasteiger partial charge in [-0.2, -0.15) is 0 Å². The Morgan fingerprint density at radius 2 is 1.79 bits per heavy atom. The standard InChI is InChI=1S/C14H22N2O2S/c1-12-6-8-16(9-7-12)19(17,18)11-14-5-3-2-4-13(14)10-15/h2-5,12H,6-11,15H2,1H3. The second kappa shape index (κ2) is 6.03. The molecule has 106 valence electrons. The molecule has 4 nitrogen and oxygen atoms in total. The fraction of sp³-hybridized carbons (Fsp3) is 0.571. The van der Waals surface area contributed by atoms with Crippen molar-refractivity contribution in [3.8, 4) is 0 Å². The number of nitrogens with two attached hydrogens (primary N) is 1. The summed E-state index contributed by atoms with van der Waals surface area (Å²) in [5, 5.41) is 0. The summed E-state index contributed by atoms with van der Waals surface area (Å²) >= 11 is 0.